The Labute approximate surface area is 82.3 Å². The number of ether oxygens (including phenoxy) is 1. The van der Waals surface area contributed by atoms with Crippen LogP contribution in [0.25, 0.3) is 0 Å². The van der Waals surface area contributed by atoms with Gasteiger partial charge in [-0.1, -0.05) is 0 Å². The minimum absolute atomic E-state index is 0.0679. The monoisotopic (exact) mass is 204 g/mol. The second kappa shape index (κ2) is 4.72. The van der Waals surface area contributed by atoms with E-state index < -0.39 is 24.3 Å². The molecule has 4 atom stereocenters. The summed E-state index contributed by atoms with van der Waals surface area (Å²) in [5, 5.41) is 27.8. The Hall–Kier alpha value is -0.650. The fourth-order valence-corrected chi connectivity index (χ4v) is 1.77. The van der Waals surface area contributed by atoms with Crippen LogP contribution >= 0.6 is 0 Å². The number of aliphatic hydroxyl groups excluding tert-OH is 3. The maximum atomic E-state index is 10.7. The summed E-state index contributed by atoms with van der Waals surface area (Å²) in [6.07, 6.45) is -1.93. The highest BCUT2D eigenvalue weighted by molar-refractivity contribution is 5.66. The Morgan fingerprint density at radius 3 is 2.57 bits per heavy atom. The fourth-order valence-electron chi connectivity index (χ4n) is 1.77. The molecular formula is C9H16O5. The van der Waals surface area contributed by atoms with Gasteiger partial charge in [0.15, 0.2) is 0 Å². The van der Waals surface area contributed by atoms with E-state index in [9.17, 15) is 15.0 Å². The summed E-state index contributed by atoms with van der Waals surface area (Å²) in [4.78, 5) is 10.7. The molecule has 3 N–H and O–H groups in total. The molecule has 0 bridgehead atoms. The lowest BCUT2D eigenvalue weighted by atomic mass is 9.84. The molecule has 1 saturated carbocycles. The fraction of sp³-hybridized carbons (Fsp3) is 0.889. The first-order valence-electron chi connectivity index (χ1n) is 4.68. The second-order valence-electron chi connectivity index (χ2n) is 3.73. The maximum absolute atomic E-state index is 10.7. The molecule has 0 spiro atoms. The van der Waals surface area contributed by atoms with Gasteiger partial charge < -0.3 is 20.1 Å². The Kier molecular flexibility index (Phi) is 3.86. The van der Waals surface area contributed by atoms with Crippen molar-refractivity contribution in [2.45, 2.75) is 38.1 Å². The summed E-state index contributed by atoms with van der Waals surface area (Å²) in [6, 6.07) is 0. The molecule has 1 aliphatic rings. The van der Waals surface area contributed by atoms with Gasteiger partial charge in [-0.3, -0.25) is 4.79 Å². The normalized spacial score (nSPS) is 38.0. The number of carbonyl (C=O) groups is 1. The van der Waals surface area contributed by atoms with E-state index in [0.29, 0.717) is 12.8 Å². The highest BCUT2D eigenvalue weighted by Gasteiger charge is 2.37. The van der Waals surface area contributed by atoms with Crippen LogP contribution in [0.2, 0.25) is 0 Å². The molecule has 5 nitrogen and oxygen atoms in total. The number of esters is 1. The van der Waals surface area contributed by atoms with Gasteiger partial charge >= 0.3 is 5.97 Å². The Bertz CT molecular complexity index is 205. The molecule has 0 unspecified atom stereocenters. The maximum Gasteiger partial charge on any atom is 0.302 e. The lowest BCUT2D eigenvalue weighted by Gasteiger charge is -2.35. The van der Waals surface area contributed by atoms with Crippen molar-refractivity contribution in [2.75, 3.05) is 6.61 Å². The summed E-state index contributed by atoms with van der Waals surface area (Å²) >= 11 is 0. The van der Waals surface area contributed by atoms with Crippen molar-refractivity contribution in [3.05, 3.63) is 0 Å². The van der Waals surface area contributed by atoms with Gasteiger partial charge in [0.2, 0.25) is 0 Å². The molecule has 82 valence electrons. The molecule has 0 amide bonds. The van der Waals surface area contributed by atoms with Gasteiger partial charge in [-0.05, 0) is 18.8 Å². The number of aliphatic hydroxyl groups is 3. The van der Waals surface area contributed by atoms with E-state index in [1.807, 2.05) is 0 Å². The molecule has 1 fully saturated rings. The minimum atomic E-state index is -1.04. The van der Waals surface area contributed by atoms with Crippen LogP contribution in [0.4, 0.5) is 0 Å². The molecule has 0 aromatic heterocycles. The smallest absolute Gasteiger partial charge is 0.302 e. The third kappa shape index (κ3) is 2.67. The van der Waals surface area contributed by atoms with Gasteiger partial charge in [0.1, 0.15) is 12.2 Å². The lowest BCUT2D eigenvalue weighted by molar-refractivity contribution is -0.166. The number of carbonyl (C=O) groups excluding carboxylic acids is 1. The van der Waals surface area contributed by atoms with Crippen molar-refractivity contribution in [3.8, 4) is 0 Å². The van der Waals surface area contributed by atoms with Crippen LogP contribution in [0.15, 0.2) is 0 Å². The molecule has 0 aromatic carbocycles. The number of hydrogen-bond donors (Lipinski definition) is 3. The van der Waals surface area contributed by atoms with E-state index in [0.717, 1.165) is 0 Å². The molecule has 14 heavy (non-hydrogen) atoms. The van der Waals surface area contributed by atoms with Gasteiger partial charge in [0.05, 0.1) is 6.10 Å². The van der Waals surface area contributed by atoms with Gasteiger partial charge in [0, 0.05) is 13.5 Å². The molecule has 0 aliphatic heterocycles. The first-order chi connectivity index (χ1) is 6.54. The molecular weight excluding hydrogens is 188 g/mol. The summed E-state index contributed by atoms with van der Waals surface area (Å²) in [7, 11) is 0. The van der Waals surface area contributed by atoms with Gasteiger partial charge in [-0.2, -0.15) is 0 Å². The van der Waals surface area contributed by atoms with Gasteiger partial charge in [0.25, 0.3) is 0 Å². The summed E-state index contributed by atoms with van der Waals surface area (Å²) < 4.78 is 4.85. The second-order valence-corrected chi connectivity index (χ2v) is 3.73. The van der Waals surface area contributed by atoms with E-state index >= 15 is 0 Å². The number of hydrogen-bond acceptors (Lipinski definition) is 5. The molecule has 0 heterocycles. The first kappa shape index (κ1) is 11.4. The van der Waals surface area contributed by atoms with Gasteiger partial charge in [-0.15, -0.1) is 0 Å². The molecule has 0 saturated heterocycles. The standard InChI is InChI=1S/C9H16O5/c1-5(11)14-8-3-6(4-10)2-7(12)9(8)13/h6-10,12-13H,2-4H2,1H3/t6-,7+,8-,9-/m1/s1. The summed E-state index contributed by atoms with van der Waals surface area (Å²) in [5.74, 6) is -0.599. The van der Waals surface area contributed by atoms with Crippen molar-refractivity contribution in [1.82, 2.24) is 0 Å². The highest BCUT2D eigenvalue weighted by Crippen LogP contribution is 2.26. The van der Waals surface area contributed by atoms with E-state index in [2.05, 4.69) is 0 Å². The predicted molar refractivity (Wildman–Crippen MR) is 47.4 cm³/mol. The molecule has 1 aliphatic carbocycles. The zero-order chi connectivity index (χ0) is 10.7. The van der Waals surface area contributed by atoms with Crippen LogP contribution in [0.5, 0.6) is 0 Å². The average Bonchev–Trinajstić information content (AvgIpc) is 2.11. The predicted octanol–water partition coefficient (Wildman–Crippen LogP) is -0.958. The van der Waals surface area contributed by atoms with Crippen molar-refractivity contribution in [1.29, 1.82) is 0 Å². The quantitative estimate of drug-likeness (QED) is 0.504. The lowest BCUT2D eigenvalue weighted by Crippen LogP contribution is -2.47. The third-order valence-corrected chi connectivity index (χ3v) is 2.49. The van der Waals surface area contributed by atoms with Crippen LogP contribution in [0.3, 0.4) is 0 Å². The van der Waals surface area contributed by atoms with Crippen LogP contribution in [-0.2, 0) is 9.53 Å². The zero-order valence-electron chi connectivity index (χ0n) is 8.09. The van der Waals surface area contributed by atoms with E-state index in [1.54, 1.807) is 0 Å². The van der Waals surface area contributed by atoms with E-state index in [-0.39, 0.29) is 12.5 Å². The van der Waals surface area contributed by atoms with Gasteiger partial charge in [-0.25, -0.2) is 0 Å². The summed E-state index contributed by atoms with van der Waals surface area (Å²) in [6.45, 7) is 1.18. The van der Waals surface area contributed by atoms with Crippen LogP contribution in [0.1, 0.15) is 19.8 Å². The molecule has 1 rings (SSSR count). The van der Waals surface area contributed by atoms with Crippen molar-refractivity contribution in [2.24, 2.45) is 5.92 Å². The van der Waals surface area contributed by atoms with E-state index in [4.69, 9.17) is 9.84 Å². The van der Waals surface area contributed by atoms with Crippen molar-refractivity contribution < 1.29 is 24.9 Å². The third-order valence-electron chi connectivity index (χ3n) is 2.49. The van der Waals surface area contributed by atoms with Crippen molar-refractivity contribution >= 4 is 5.97 Å². The largest absolute Gasteiger partial charge is 0.460 e. The summed E-state index contributed by atoms with van der Waals surface area (Å²) in [5.41, 5.74) is 0. The topological polar surface area (TPSA) is 87.0 Å². The molecule has 0 radical (unpaired) electrons. The Morgan fingerprint density at radius 2 is 2.07 bits per heavy atom. The SMILES string of the molecule is CC(=O)O[C@@H]1C[C@H](CO)C[C@H](O)[C@H]1O. The highest BCUT2D eigenvalue weighted by atomic mass is 16.6. The van der Waals surface area contributed by atoms with Crippen LogP contribution in [-0.4, -0.2) is 46.2 Å². The molecule has 5 heteroatoms. The Morgan fingerprint density at radius 1 is 1.43 bits per heavy atom. The average molecular weight is 204 g/mol. The minimum Gasteiger partial charge on any atom is -0.460 e. The first-order valence-corrected chi connectivity index (χ1v) is 4.68. The zero-order valence-corrected chi connectivity index (χ0v) is 8.09. The van der Waals surface area contributed by atoms with Crippen LogP contribution < -0.4 is 0 Å². The van der Waals surface area contributed by atoms with Crippen molar-refractivity contribution in [3.63, 3.8) is 0 Å². The van der Waals surface area contributed by atoms with E-state index in [1.165, 1.54) is 6.92 Å². The van der Waals surface area contributed by atoms with Crippen LogP contribution in [0, 0.1) is 5.92 Å². The molecule has 0 aromatic rings. The Balaban J connectivity index is 2.57. The number of rotatable bonds is 2.